The lowest BCUT2D eigenvalue weighted by Gasteiger charge is -2.08. The maximum atomic E-state index is 11.7. The maximum Gasteiger partial charge on any atom is 0.277 e. The summed E-state index contributed by atoms with van der Waals surface area (Å²) >= 11 is 0. The zero-order valence-corrected chi connectivity index (χ0v) is 10.7. The molecule has 0 aliphatic carbocycles. The maximum absolute atomic E-state index is 11.7. The van der Waals surface area contributed by atoms with Crippen LogP contribution in [0, 0.1) is 0 Å². The molecule has 2 aromatic rings. The fraction of sp³-hybridized carbons (Fsp3) is 0.231. The minimum atomic E-state index is -0.366. The number of nitrogens with one attached hydrogen (secondary N) is 2. The molecule has 0 bridgehead atoms. The molecule has 0 saturated heterocycles. The van der Waals surface area contributed by atoms with E-state index in [1.165, 1.54) is 5.56 Å². The van der Waals surface area contributed by atoms with Gasteiger partial charge in [0.05, 0.1) is 0 Å². The summed E-state index contributed by atoms with van der Waals surface area (Å²) in [5.41, 5.74) is 13.3. The van der Waals surface area contributed by atoms with E-state index < -0.39 is 0 Å². The van der Waals surface area contributed by atoms with Crippen molar-refractivity contribution in [1.82, 2.24) is 9.97 Å². The van der Waals surface area contributed by atoms with Crippen LogP contribution in [0.4, 0.5) is 17.5 Å². The van der Waals surface area contributed by atoms with Crippen LogP contribution in [0.25, 0.3) is 0 Å². The largest absolute Gasteiger partial charge is 0.382 e. The van der Waals surface area contributed by atoms with Crippen LogP contribution in [-0.2, 0) is 13.0 Å². The molecular weight excluding hydrogens is 242 g/mol. The fourth-order valence-electron chi connectivity index (χ4n) is 1.76. The van der Waals surface area contributed by atoms with Gasteiger partial charge in [-0.1, -0.05) is 31.2 Å². The molecule has 0 aliphatic heterocycles. The van der Waals surface area contributed by atoms with E-state index in [0.717, 1.165) is 12.0 Å². The smallest absolute Gasteiger partial charge is 0.277 e. The van der Waals surface area contributed by atoms with E-state index in [0.29, 0.717) is 6.54 Å². The van der Waals surface area contributed by atoms with E-state index >= 15 is 0 Å². The highest BCUT2D eigenvalue weighted by atomic mass is 16.1. The molecule has 0 radical (unpaired) electrons. The molecule has 6 N–H and O–H groups in total. The summed E-state index contributed by atoms with van der Waals surface area (Å²) in [7, 11) is 0. The first kappa shape index (κ1) is 12.9. The lowest BCUT2D eigenvalue weighted by molar-refractivity contribution is 1.08. The second-order valence-corrected chi connectivity index (χ2v) is 4.24. The predicted octanol–water partition coefficient (Wildman–Crippen LogP) is 1.11. The number of nitrogens with two attached hydrogens (primary N) is 2. The van der Waals surface area contributed by atoms with Crippen molar-refractivity contribution in [1.29, 1.82) is 0 Å². The van der Waals surface area contributed by atoms with E-state index in [4.69, 9.17) is 11.5 Å². The highest BCUT2D eigenvalue weighted by Gasteiger charge is 2.07. The van der Waals surface area contributed by atoms with Crippen LogP contribution < -0.4 is 22.3 Å². The van der Waals surface area contributed by atoms with Crippen molar-refractivity contribution in [2.45, 2.75) is 19.9 Å². The zero-order chi connectivity index (χ0) is 13.8. The molecule has 0 aliphatic rings. The van der Waals surface area contributed by atoms with E-state index in [1.54, 1.807) is 0 Å². The topological polar surface area (TPSA) is 110 Å². The molecule has 100 valence electrons. The molecule has 0 spiro atoms. The van der Waals surface area contributed by atoms with Gasteiger partial charge in [0.15, 0.2) is 5.82 Å². The number of rotatable bonds is 4. The molecule has 2 rings (SSSR count). The molecule has 0 amide bonds. The lowest BCUT2D eigenvalue weighted by Crippen LogP contribution is -2.19. The number of hydrogen-bond acceptors (Lipinski definition) is 5. The molecule has 6 nitrogen and oxygen atoms in total. The van der Waals surface area contributed by atoms with Gasteiger partial charge >= 0.3 is 0 Å². The molecule has 1 aromatic carbocycles. The van der Waals surface area contributed by atoms with Crippen molar-refractivity contribution < 1.29 is 0 Å². The van der Waals surface area contributed by atoms with Gasteiger partial charge in [-0.3, -0.25) is 9.78 Å². The minimum Gasteiger partial charge on any atom is -0.382 e. The second-order valence-electron chi connectivity index (χ2n) is 4.24. The first-order chi connectivity index (χ1) is 9.10. The Morgan fingerprint density at radius 3 is 2.42 bits per heavy atom. The number of nitrogens with zero attached hydrogens (tertiary/aromatic N) is 1. The number of anilines is 3. The van der Waals surface area contributed by atoms with E-state index in [2.05, 4.69) is 34.3 Å². The van der Waals surface area contributed by atoms with Gasteiger partial charge in [0.1, 0.15) is 5.69 Å². The Labute approximate surface area is 110 Å². The van der Waals surface area contributed by atoms with Crippen LogP contribution in [0.15, 0.2) is 29.1 Å². The van der Waals surface area contributed by atoms with Gasteiger partial charge in [-0.05, 0) is 17.5 Å². The van der Waals surface area contributed by atoms with Crippen LogP contribution >= 0.6 is 0 Å². The van der Waals surface area contributed by atoms with Gasteiger partial charge in [-0.2, -0.15) is 4.98 Å². The van der Waals surface area contributed by atoms with Gasteiger partial charge in [0.2, 0.25) is 5.95 Å². The Morgan fingerprint density at radius 2 is 1.84 bits per heavy atom. The predicted molar refractivity (Wildman–Crippen MR) is 76.8 cm³/mol. The van der Waals surface area contributed by atoms with E-state index in [-0.39, 0.29) is 23.0 Å². The molecule has 6 heteroatoms. The normalized spacial score (nSPS) is 10.4. The summed E-state index contributed by atoms with van der Waals surface area (Å²) in [5.74, 6) is 0.117. The number of nitrogen functional groups attached to an aromatic ring is 2. The van der Waals surface area contributed by atoms with Gasteiger partial charge < -0.3 is 16.8 Å². The third kappa shape index (κ3) is 3.04. The van der Waals surface area contributed by atoms with Crippen LogP contribution in [0.1, 0.15) is 18.1 Å². The van der Waals surface area contributed by atoms with Crippen molar-refractivity contribution in [3.63, 3.8) is 0 Å². The number of aromatic nitrogens is 2. The number of hydrogen-bond donors (Lipinski definition) is 4. The van der Waals surface area contributed by atoms with Crippen LogP contribution in [0.2, 0.25) is 0 Å². The minimum absolute atomic E-state index is 0.0142. The van der Waals surface area contributed by atoms with Crippen molar-refractivity contribution in [3.05, 3.63) is 45.7 Å². The van der Waals surface area contributed by atoms with Crippen LogP contribution in [0.5, 0.6) is 0 Å². The third-order valence-electron chi connectivity index (χ3n) is 2.87. The molecule has 0 saturated carbocycles. The third-order valence-corrected chi connectivity index (χ3v) is 2.87. The molecular formula is C13H17N5O. The highest BCUT2D eigenvalue weighted by molar-refractivity contribution is 5.61. The molecule has 0 unspecified atom stereocenters. The second kappa shape index (κ2) is 5.43. The van der Waals surface area contributed by atoms with Crippen LogP contribution in [0.3, 0.4) is 0 Å². The average Bonchev–Trinajstić information content (AvgIpc) is 2.38. The van der Waals surface area contributed by atoms with Gasteiger partial charge in [0, 0.05) is 6.54 Å². The summed E-state index contributed by atoms with van der Waals surface area (Å²) in [6, 6.07) is 8.15. The Hall–Kier alpha value is -2.50. The van der Waals surface area contributed by atoms with Crippen molar-refractivity contribution >= 4 is 17.5 Å². The van der Waals surface area contributed by atoms with Crippen molar-refractivity contribution in [2.24, 2.45) is 0 Å². The zero-order valence-electron chi connectivity index (χ0n) is 10.7. The Balaban J connectivity index is 2.12. The average molecular weight is 259 g/mol. The highest BCUT2D eigenvalue weighted by Crippen LogP contribution is 2.12. The summed E-state index contributed by atoms with van der Waals surface area (Å²) in [6.07, 6.45) is 1.00. The summed E-state index contributed by atoms with van der Waals surface area (Å²) in [6.45, 7) is 2.61. The molecule has 1 aromatic heterocycles. The quantitative estimate of drug-likeness (QED) is 0.657. The molecule has 1 heterocycles. The molecule has 19 heavy (non-hydrogen) atoms. The van der Waals surface area contributed by atoms with E-state index in [1.807, 2.05) is 12.1 Å². The van der Waals surface area contributed by atoms with Gasteiger partial charge in [0.25, 0.3) is 5.56 Å². The Bertz CT molecular complexity index is 618. The van der Waals surface area contributed by atoms with Gasteiger partial charge in [-0.15, -0.1) is 0 Å². The number of H-pyrrole nitrogens is 1. The fourth-order valence-corrected chi connectivity index (χ4v) is 1.76. The SMILES string of the molecule is CCc1ccc(CNc2c(N)nc(N)[nH]c2=O)cc1. The van der Waals surface area contributed by atoms with Crippen molar-refractivity contribution in [2.75, 3.05) is 16.8 Å². The monoisotopic (exact) mass is 259 g/mol. The summed E-state index contributed by atoms with van der Waals surface area (Å²) in [4.78, 5) is 17.9. The Morgan fingerprint density at radius 1 is 1.21 bits per heavy atom. The molecule has 0 fully saturated rings. The Kier molecular flexibility index (Phi) is 3.70. The number of aryl methyl sites for hydroxylation is 1. The summed E-state index contributed by atoms with van der Waals surface area (Å²) < 4.78 is 0. The number of aromatic amines is 1. The van der Waals surface area contributed by atoms with Crippen LogP contribution in [-0.4, -0.2) is 9.97 Å². The standard InChI is InChI=1S/C13H17N5O/c1-2-8-3-5-9(6-4-8)7-16-10-11(14)17-13(15)18-12(10)19/h3-6,16H,2,7H2,1H3,(H5,14,15,17,18,19). The van der Waals surface area contributed by atoms with Crippen molar-refractivity contribution in [3.8, 4) is 0 Å². The van der Waals surface area contributed by atoms with E-state index in [9.17, 15) is 4.79 Å². The number of benzene rings is 1. The summed E-state index contributed by atoms with van der Waals surface area (Å²) in [5, 5.41) is 2.98. The van der Waals surface area contributed by atoms with Gasteiger partial charge in [-0.25, -0.2) is 0 Å². The first-order valence-corrected chi connectivity index (χ1v) is 6.07. The lowest BCUT2D eigenvalue weighted by atomic mass is 10.1. The first-order valence-electron chi connectivity index (χ1n) is 6.07. The molecule has 0 atom stereocenters.